The second-order valence-electron chi connectivity index (χ2n) is 6.01. The Balaban J connectivity index is 1.89. The molecule has 2 amide bonds. The number of amides is 2. The number of nitrogens with zero attached hydrogens (tertiary/aromatic N) is 1. The number of likely N-dealkylation sites (tertiary alicyclic amines) is 1. The molecule has 1 aromatic carbocycles. The van der Waals surface area contributed by atoms with Crippen LogP contribution in [0.1, 0.15) is 31.1 Å². The van der Waals surface area contributed by atoms with Crippen LogP contribution in [0.25, 0.3) is 0 Å². The second-order valence-corrected chi connectivity index (χ2v) is 6.01. The highest BCUT2D eigenvalue weighted by Gasteiger charge is 2.46. The smallest absolute Gasteiger partial charge is 0.251 e. The number of β-amino-alcohol motifs (C(OH)–C–C–N with tert-alkyl or cyclic N) is 1. The van der Waals surface area contributed by atoms with Crippen LogP contribution >= 0.6 is 0 Å². The van der Waals surface area contributed by atoms with E-state index in [0.717, 1.165) is 0 Å². The van der Waals surface area contributed by atoms with Crippen LogP contribution in [-0.4, -0.2) is 46.6 Å². The average molecular weight is 290 g/mol. The molecule has 1 atom stereocenters. The van der Waals surface area contributed by atoms with Crippen LogP contribution in [0.4, 0.5) is 0 Å². The third-order valence-corrected chi connectivity index (χ3v) is 4.07. The highest BCUT2D eigenvalue weighted by Crippen LogP contribution is 2.28. The summed E-state index contributed by atoms with van der Waals surface area (Å²) in [5.41, 5.74) is -0.266. The van der Waals surface area contributed by atoms with Gasteiger partial charge in [0.25, 0.3) is 5.91 Å². The van der Waals surface area contributed by atoms with Crippen molar-refractivity contribution in [1.82, 2.24) is 10.2 Å². The van der Waals surface area contributed by atoms with E-state index in [4.69, 9.17) is 0 Å². The lowest BCUT2D eigenvalue weighted by atomic mass is 9.82. The molecule has 21 heavy (non-hydrogen) atoms. The maximum Gasteiger partial charge on any atom is 0.251 e. The zero-order chi connectivity index (χ0) is 15.6. The maximum atomic E-state index is 12.2. The number of hydrogen-bond acceptors (Lipinski definition) is 3. The fraction of sp³-hybridized carbons (Fsp3) is 0.500. The first kappa shape index (κ1) is 15.5. The molecule has 0 radical (unpaired) electrons. The molecule has 1 heterocycles. The molecule has 114 valence electrons. The molecule has 1 aliphatic rings. The van der Waals surface area contributed by atoms with Crippen molar-refractivity contribution in [3.8, 4) is 0 Å². The molecule has 1 saturated heterocycles. The molecule has 1 aromatic rings. The highest BCUT2D eigenvalue weighted by molar-refractivity contribution is 5.97. The van der Waals surface area contributed by atoms with Gasteiger partial charge in [-0.05, 0) is 25.0 Å². The topological polar surface area (TPSA) is 69.6 Å². The van der Waals surface area contributed by atoms with Crippen LogP contribution in [-0.2, 0) is 4.79 Å². The van der Waals surface area contributed by atoms with Crippen LogP contribution < -0.4 is 5.32 Å². The summed E-state index contributed by atoms with van der Waals surface area (Å²) < 4.78 is 0. The lowest BCUT2D eigenvalue weighted by Crippen LogP contribution is -2.68. The molecule has 0 aliphatic carbocycles. The highest BCUT2D eigenvalue weighted by atomic mass is 16.3. The maximum absolute atomic E-state index is 12.2. The Morgan fingerprint density at radius 3 is 2.29 bits per heavy atom. The Hall–Kier alpha value is -1.88. The largest absolute Gasteiger partial charge is 0.386 e. The van der Waals surface area contributed by atoms with Crippen molar-refractivity contribution in [1.29, 1.82) is 0 Å². The molecular formula is C16H22N2O3. The summed E-state index contributed by atoms with van der Waals surface area (Å²) in [7, 11) is 0. The van der Waals surface area contributed by atoms with Gasteiger partial charge >= 0.3 is 0 Å². The molecule has 0 bridgehead atoms. The first-order chi connectivity index (χ1) is 9.83. The third-order valence-electron chi connectivity index (χ3n) is 4.07. The van der Waals surface area contributed by atoms with Gasteiger partial charge in [0.05, 0.1) is 13.1 Å². The molecule has 5 heteroatoms. The first-order valence-corrected chi connectivity index (χ1v) is 7.20. The Kier molecular flexibility index (Phi) is 4.32. The SMILES string of the molecule is CC(NC(=O)c1ccccc1)C(=O)N1CC(O)(C(C)C)C1. The quantitative estimate of drug-likeness (QED) is 0.870. The van der Waals surface area contributed by atoms with Crippen LogP contribution in [0.5, 0.6) is 0 Å². The van der Waals surface area contributed by atoms with Gasteiger partial charge in [-0.25, -0.2) is 0 Å². The van der Waals surface area contributed by atoms with Gasteiger partial charge in [0, 0.05) is 5.56 Å². The summed E-state index contributed by atoms with van der Waals surface area (Å²) in [6, 6.07) is 8.19. The van der Waals surface area contributed by atoms with Gasteiger partial charge < -0.3 is 15.3 Å². The van der Waals surface area contributed by atoms with Crippen molar-refractivity contribution in [2.45, 2.75) is 32.4 Å². The second kappa shape index (κ2) is 5.85. The number of benzene rings is 1. The number of aliphatic hydroxyl groups is 1. The predicted octanol–water partition coefficient (Wildman–Crippen LogP) is 1.03. The van der Waals surface area contributed by atoms with Crippen molar-refractivity contribution < 1.29 is 14.7 Å². The predicted molar refractivity (Wildman–Crippen MR) is 79.7 cm³/mol. The van der Waals surface area contributed by atoms with Crippen LogP contribution in [0.2, 0.25) is 0 Å². The minimum Gasteiger partial charge on any atom is -0.386 e. The van der Waals surface area contributed by atoms with E-state index < -0.39 is 11.6 Å². The van der Waals surface area contributed by atoms with Gasteiger partial charge in [0.1, 0.15) is 11.6 Å². The van der Waals surface area contributed by atoms with E-state index in [1.807, 2.05) is 19.9 Å². The van der Waals surface area contributed by atoms with Crippen molar-refractivity contribution in [2.75, 3.05) is 13.1 Å². The molecule has 2 rings (SSSR count). The van der Waals surface area contributed by atoms with Gasteiger partial charge in [-0.2, -0.15) is 0 Å². The van der Waals surface area contributed by atoms with Gasteiger partial charge in [0.2, 0.25) is 5.91 Å². The fourth-order valence-electron chi connectivity index (χ4n) is 2.34. The zero-order valence-electron chi connectivity index (χ0n) is 12.7. The molecular weight excluding hydrogens is 268 g/mol. The molecule has 1 fully saturated rings. The van der Waals surface area contributed by atoms with Crippen LogP contribution in [0.3, 0.4) is 0 Å². The number of rotatable bonds is 4. The standard InChI is InChI=1S/C16H22N2O3/c1-11(2)16(21)9-18(10-16)15(20)12(3)17-14(19)13-7-5-4-6-8-13/h4-8,11-12,21H,9-10H2,1-3H3,(H,17,19). The monoisotopic (exact) mass is 290 g/mol. The van der Waals surface area contributed by atoms with Crippen molar-refractivity contribution in [3.63, 3.8) is 0 Å². The Morgan fingerprint density at radius 2 is 1.76 bits per heavy atom. The zero-order valence-corrected chi connectivity index (χ0v) is 12.7. The molecule has 0 saturated carbocycles. The minimum absolute atomic E-state index is 0.107. The third kappa shape index (κ3) is 3.24. The van der Waals surface area contributed by atoms with E-state index >= 15 is 0 Å². The van der Waals surface area contributed by atoms with Crippen molar-refractivity contribution in [2.24, 2.45) is 5.92 Å². The van der Waals surface area contributed by atoms with E-state index in [9.17, 15) is 14.7 Å². The summed E-state index contributed by atoms with van der Waals surface area (Å²) in [5, 5.41) is 12.9. The number of carbonyl (C=O) groups excluding carboxylic acids is 2. The van der Waals surface area contributed by atoms with Gasteiger partial charge in [-0.3, -0.25) is 9.59 Å². The molecule has 2 N–H and O–H groups in total. The van der Waals surface area contributed by atoms with Gasteiger partial charge in [-0.15, -0.1) is 0 Å². The summed E-state index contributed by atoms with van der Waals surface area (Å²) in [4.78, 5) is 25.8. The number of carbonyl (C=O) groups is 2. The van der Waals surface area contributed by atoms with E-state index in [1.165, 1.54) is 0 Å². The molecule has 0 spiro atoms. The Bertz CT molecular complexity index is 522. The average Bonchev–Trinajstić information content (AvgIpc) is 2.43. The lowest BCUT2D eigenvalue weighted by molar-refractivity contribution is -0.165. The normalized spacial score (nSPS) is 18.0. The molecule has 5 nitrogen and oxygen atoms in total. The Labute approximate surface area is 125 Å². The summed E-state index contributed by atoms with van der Waals surface area (Å²) in [5.74, 6) is -0.323. The van der Waals surface area contributed by atoms with Gasteiger partial charge in [0.15, 0.2) is 0 Å². The molecule has 1 unspecified atom stereocenters. The van der Waals surface area contributed by atoms with Crippen LogP contribution in [0, 0.1) is 5.92 Å². The lowest BCUT2D eigenvalue weighted by Gasteiger charge is -2.49. The van der Waals surface area contributed by atoms with E-state index in [0.29, 0.717) is 18.7 Å². The van der Waals surface area contributed by atoms with Crippen LogP contribution in [0.15, 0.2) is 30.3 Å². The number of hydrogen-bond donors (Lipinski definition) is 2. The van der Waals surface area contributed by atoms with Gasteiger partial charge in [-0.1, -0.05) is 32.0 Å². The fourth-order valence-corrected chi connectivity index (χ4v) is 2.34. The number of nitrogens with one attached hydrogen (secondary N) is 1. The minimum atomic E-state index is -0.793. The van der Waals surface area contributed by atoms with Crippen molar-refractivity contribution >= 4 is 11.8 Å². The van der Waals surface area contributed by atoms with Crippen molar-refractivity contribution in [3.05, 3.63) is 35.9 Å². The Morgan fingerprint density at radius 1 is 1.19 bits per heavy atom. The summed E-state index contributed by atoms with van der Waals surface area (Å²) in [6.07, 6.45) is 0. The molecule has 1 aliphatic heterocycles. The van der Waals surface area contributed by atoms with E-state index in [2.05, 4.69) is 5.32 Å². The van der Waals surface area contributed by atoms with E-state index in [-0.39, 0.29) is 17.7 Å². The summed E-state index contributed by atoms with van der Waals surface area (Å²) in [6.45, 7) is 6.19. The molecule has 0 aromatic heterocycles. The summed E-state index contributed by atoms with van der Waals surface area (Å²) >= 11 is 0. The van der Waals surface area contributed by atoms with E-state index in [1.54, 1.807) is 36.1 Å². The first-order valence-electron chi connectivity index (χ1n) is 7.20.